The topological polar surface area (TPSA) is 34.1 Å². The molecule has 0 aliphatic carbocycles. The number of rotatable bonds is 4. The molecule has 0 bridgehead atoms. The number of halogens is 9. The van der Waals surface area contributed by atoms with E-state index in [2.05, 4.69) is 11.6 Å². The minimum absolute atomic E-state index is 0.0389. The van der Waals surface area contributed by atoms with Crippen LogP contribution in [-0.2, 0) is 17.1 Å². The second-order valence-corrected chi connectivity index (χ2v) is 4.79. The van der Waals surface area contributed by atoms with E-state index in [1.54, 1.807) is 0 Å². The summed E-state index contributed by atoms with van der Waals surface area (Å²) in [5.41, 5.74) is -4.79. The van der Waals surface area contributed by atoms with Crippen LogP contribution < -0.4 is 0 Å². The van der Waals surface area contributed by atoms with Crippen molar-refractivity contribution in [1.29, 1.82) is 0 Å². The highest BCUT2D eigenvalue weighted by Gasteiger charge is 2.39. The van der Waals surface area contributed by atoms with Crippen molar-refractivity contribution in [1.82, 2.24) is 0 Å². The molecule has 0 aliphatic rings. The van der Waals surface area contributed by atoms with Gasteiger partial charge in [0, 0.05) is 5.56 Å². The summed E-state index contributed by atoms with van der Waals surface area (Å²) >= 11 is 4.33. The van der Waals surface area contributed by atoms with Crippen LogP contribution in [0.2, 0.25) is 0 Å². The summed E-state index contributed by atoms with van der Waals surface area (Å²) in [4.78, 5) is 22.4. The third kappa shape index (κ3) is 5.15. The van der Waals surface area contributed by atoms with Gasteiger partial charge in [0.25, 0.3) is 0 Å². The van der Waals surface area contributed by atoms with Crippen LogP contribution in [0.3, 0.4) is 0 Å². The summed E-state index contributed by atoms with van der Waals surface area (Å²) in [7, 11) is 0. The predicted molar refractivity (Wildman–Crippen MR) is 61.2 cm³/mol. The summed E-state index contributed by atoms with van der Waals surface area (Å²) in [5.74, 6) is -3.79. The Morgan fingerprint density at radius 1 is 0.826 bits per heavy atom. The van der Waals surface area contributed by atoms with E-state index in [9.17, 15) is 44.7 Å². The molecule has 0 radical (unpaired) electrons. The Kier molecular flexibility index (Phi) is 5.10. The second kappa shape index (κ2) is 6.06. The van der Waals surface area contributed by atoms with Gasteiger partial charge in [-0.15, -0.1) is 0 Å². The van der Waals surface area contributed by atoms with Crippen molar-refractivity contribution in [3.05, 3.63) is 34.9 Å². The van der Waals surface area contributed by atoms with Crippen molar-refractivity contribution < 1.29 is 44.7 Å². The van der Waals surface area contributed by atoms with Gasteiger partial charge in [0.2, 0.25) is 5.78 Å². The Hall–Kier alpha value is -1.71. The normalized spacial score (nSPS) is 13.1. The number of carbonyl (C=O) groups excluding carboxylic acids is 2. The fourth-order valence-corrected chi connectivity index (χ4v) is 1.53. The molecule has 0 fully saturated rings. The van der Waals surface area contributed by atoms with Gasteiger partial charge in [0.05, 0.1) is 17.5 Å². The molecule has 0 saturated heterocycles. The molecule has 0 N–H and O–H groups in total. The summed E-state index contributed by atoms with van der Waals surface area (Å²) in [6.45, 7) is 0. The molecule has 0 unspecified atom stereocenters. The van der Waals surface area contributed by atoms with Crippen molar-refractivity contribution in [2.75, 3.05) is 0 Å². The number of alkyl halides is 9. The van der Waals surface area contributed by atoms with Crippen LogP contribution in [0.4, 0.5) is 35.1 Å². The molecule has 128 valence electrons. The Morgan fingerprint density at radius 3 is 1.52 bits per heavy atom. The van der Waals surface area contributed by atoms with Crippen LogP contribution in [0, 0.1) is 0 Å². The predicted octanol–water partition coefficient (Wildman–Crippen LogP) is 4.70. The fraction of sp³-hybridized carbons (Fsp3) is 0.333. The Morgan fingerprint density at radius 2 is 1.22 bits per heavy atom. The van der Waals surface area contributed by atoms with E-state index in [4.69, 9.17) is 0 Å². The van der Waals surface area contributed by atoms with Gasteiger partial charge in [-0.2, -0.15) is 35.1 Å². The lowest BCUT2D eigenvalue weighted by molar-refractivity contribution is -0.143. The number of Topliss-reactive ketones (excluding diaryl/α,β-unsaturated/α-hetero) is 2. The molecule has 0 aromatic heterocycles. The smallest absolute Gasteiger partial charge is 0.294 e. The molecule has 0 amide bonds. The van der Waals surface area contributed by atoms with Gasteiger partial charge in [-0.3, -0.25) is 9.59 Å². The van der Waals surface area contributed by atoms with E-state index in [0.717, 1.165) is 0 Å². The van der Waals surface area contributed by atoms with Gasteiger partial charge in [0.15, 0.2) is 5.78 Å². The monoisotopic (exact) mass is 368 g/mol. The Bertz CT molecular complexity index is 595. The van der Waals surface area contributed by atoms with Gasteiger partial charge in [-0.25, -0.2) is 0 Å². The summed E-state index contributed by atoms with van der Waals surface area (Å²) < 4.78 is 100. The van der Waals surface area contributed by atoms with Crippen molar-refractivity contribution in [2.45, 2.75) is 24.2 Å². The Labute approximate surface area is 128 Å². The molecule has 23 heavy (non-hydrogen) atoms. The highest BCUT2D eigenvalue weighted by Crippen LogP contribution is 2.36. The first-order valence-electron chi connectivity index (χ1n) is 5.55. The molecule has 0 spiro atoms. The Balaban J connectivity index is 3.30. The highest BCUT2D eigenvalue weighted by molar-refractivity contribution is 6.34. The molecular weight excluding hydrogens is 364 g/mol. The quantitative estimate of drug-likeness (QED) is 0.334. The average Bonchev–Trinajstić information content (AvgIpc) is 2.34. The number of ketones is 2. The first-order valence-corrected chi connectivity index (χ1v) is 5.93. The van der Waals surface area contributed by atoms with Crippen LogP contribution in [0.15, 0.2) is 18.2 Å². The van der Waals surface area contributed by atoms with Crippen molar-refractivity contribution >= 4 is 23.2 Å². The molecule has 1 aromatic carbocycles. The summed E-state index contributed by atoms with van der Waals surface area (Å²) in [6, 6.07) is -0.163. The summed E-state index contributed by atoms with van der Waals surface area (Å²) in [6.07, 6.45) is -12.1. The SMILES string of the molecule is O=C(CC(=O)C(F)(F)Cl)c1cc(C(F)(F)F)cc(C(F)(F)F)c1. The molecule has 0 aliphatic heterocycles. The molecule has 0 saturated carbocycles. The number of benzene rings is 1. The third-order valence-corrected chi connectivity index (χ3v) is 2.76. The van der Waals surface area contributed by atoms with Gasteiger partial charge in [0.1, 0.15) is 0 Å². The largest absolute Gasteiger partial charge is 0.416 e. The lowest BCUT2D eigenvalue weighted by Crippen LogP contribution is -2.24. The molecule has 2 nitrogen and oxygen atoms in total. The highest BCUT2D eigenvalue weighted by atomic mass is 35.5. The zero-order valence-electron chi connectivity index (χ0n) is 10.7. The van der Waals surface area contributed by atoms with Crippen molar-refractivity contribution in [3.8, 4) is 0 Å². The van der Waals surface area contributed by atoms with E-state index >= 15 is 0 Å². The van der Waals surface area contributed by atoms with E-state index in [1.165, 1.54) is 0 Å². The maximum atomic E-state index is 12.6. The fourth-order valence-electron chi connectivity index (χ4n) is 1.46. The van der Waals surface area contributed by atoms with Gasteiger partial charge in [-0.1, -0.05) is 0 Å². The lowest BCUT2D eigenvalue weighted by atomic mass is 9.99. The van der Waals surface area contributed by atoms with Crippen LogP contribution >= 0.6 is 11.6 Å². The lowest BCUT2D eigenvalue weighted by Gasteiger charge is -2.14. The van der Waals surface area contributed by atoms with Crippen LogP contribution in [0.1, 0.15) is 27.9 Å². The van der Waals surface area contributed by atoms with E-state index in [1.807, 2.05) is 0 Å². The molecule has 1 rings (SSSR count). The van der Waals surface area contributed by atoms with Crippen molar-refractivity contribution in [3.63, 3.8) is 0 Å². The molecule has 11 heteroatoms. The van der Waals surface area contributed by atoms with Crippen LogP contribution in [0.5, 0.6) is 0 Å². The maximum absolute atomic E-state index is 12.6. The standard InChI is InChI=1S/C12H5ClF8O2/c13-10(14,15)9(23)4-8(22)5-1-6(11(16,17)18)3-7(2-5)12(19,20)21/h1-3H,4H2. The number of hydrogen-bond donors (Lipinski definition) is 0. The van der Waals surface area contributed by atoms with E-state index < -0.39 is 52.4 Å². The zero-order valence-corrected chi connectivity index (χ0v) is 11.4. The second-order valence-electron chi connectivity index (χ2n) is 4.32. The van der Waals surface area contributed by atoms with E-state index in [0.29, 0.717) is 0 Å². The first kappa shape index (κ1) is 19.3. The number of hydrogen-bond acceptors (Lipinski definition) is 2. The van der Waals surface area contributed by atoms with Crippen LogP contribution in [-0.4, -0.2) is 16.9 Å². The minimum atomic E-state index is -5.21. The van der Waals surface area contributed by atoms with Gasteiger partial charge >= 0.3 is 17.7 Å². The van der Waals surface area contributed by atoms with E-state index in [-0.39, 0.29) is 18.2 Å². The molecule has 0 heterocycles. The van der Waals surface area contributed by atoms with Gasteiger partial charge < -0.3 is 0 Å². The first-order chi connectivity index (χ1) is 10.1. The minimum Gasteiger partial charge on any atom is -0.294 e. The zero-order chi connectivity index (χ0) is 18.2. The maximum Gasteiger partial charge on any atom is 0.416 e. The summed E-state index contributed by atoms with van der Waals surface area (Å²) in [5, 5.41) is -4.45. The molecule has 1 aromatic rings. The van der Waals surface area contributed by atoms with Crippen LogP contribution in [0.25, 0.3) is 0 Å². The third-order valence-electron chi connectivity index (χ3n) is 2.55. The van der Waals surface area contributed by atoms with Gasteiger partial charge in [-0.05, 0) is 29.8 Å². The number of carbonyl (C=O) groups is 2. The molecule has 0 atom stereocenters. The molecular formula is C12H5ClF8O2. The average molecular weight is 369 g/mol. The van der Waals surface area contributed by atoms with Crippen molar-refractivity contribution in [2.24, 2.45) is 0 Å².